The van der Waals surface area contributed by atoms with E-state index < -0.39 is 10.0 Å². The van der Waals surface area contributed by atoms with Gasteiger partial charge in [-0.2, -0.15) is 4.31 Å². The van der Waals surface area contributed by atoms with Crippen molar-refractivity contribution in [3.63, 3.8) is 0 Å². The second-order valence-corrected chi connectivity index (χ2v) is 9.24. The molecule has 0 N–H and O–H groups in total. The standard InChI is InChI=1S/C17H28N4O4S/c1-5-20-9-8-17(7-6-15(20)22)12-21(11-10-19(17)4)26(23,24)16-13(2)18-25-14(16)3/h5-12H2,1-4H3/t17-/m1/s1. The number of rotatable bonds is 3. The maximum absolute atomic E-state index is 13.2. The lowest BCUT2D eigenvalue weighted by atomic mass is 9.87. The van der Waals surface area contributed by atoms with Gasteiger partial charge >= 0.3 is 0 Å². The highest BCUT2D eigenvalue weighted by atomic mass is 32.2. The molecule has 1 atom stereocenters. The van der Waals surface area contributed by atoms with E-state index in [1.54, 1.807) is 18.2 Å². The van der Waals surface area contributed by atoms with Crippen molar-refractivity contribution in [2.75, 3.05) is 39.8 Å². The van der Waals surface area contributed by atoms with Crippen molar-refractivity contribution in [3.05, 3.63) is 11.5 Å². The quantitative estimate of drug-likeness (QED) is 0.773. The summed E-state index contributed by atoms with van der Waals surface area (Å²) < 4.78 is 33.1. The minimum absolute atomic E-state index is 0.156. The van der Waals surface area contributed by atoms with Gasteiger partial charge in [0.2, 0.25) is 15.9 Å². The van der Waals surface area contributed by atoms with Gasteiger partial charge in [-0.25, -0.2) is 8.42 Å². The predicted molar refractivity (Wildman–Crippen MR) is 96.2 cm³/mol. The molecular weight excluding hydrogens is 356 g/mol. The zero-order chi connectivity index (χ0) is 19.1. The van der Waals surface area contributed by atoms with E-state index in [0.717, 1.165) is 6.42 Å². The van der Waals surface area contributed by atoms with Crippen molar-refractivity contribution < 1.29 is 17.7 Å². The van der Waals surface area contributed by atoms with E-state index >= 15 is 0 Å². The molecule has 8 nitrogen and oxygen atoms in total. The van der Waals surface area contributed by atoms with Crippen molar-refractivity contribution in [1.29, 1.82) is 0 Å². The van der Waals surface area contributed by atoms with Crippen LogP contribution in [0.5, 0.6) is 0 Å². The Kier molecular flexibility index (Phi) is 5.15. The average molecular weight is 385 g/mol. The zero-order valence-corrected chi connectivity index (χ0v) is 16.8. The molecule has 3 heterocycles. The maximum Gasteiger partial charge on any atom is 0.248 e. The Bertz CT molecular complexity index is 771. The summed E-state index contributed by atoms with van der Waals surface area (Å²) in [6.45, 7) is 8.08. The van der Waals surface area contributed by atoms with E-state index in [0.29, 0.717) is 57.0 Å². The summed E-state index contributed by atoms with van der Waals surface area (Å²) >= 11 is 0. The number of nitrogens with zero attached hydrogens (tertiary/aromatic N) is 4. The normalized spacial score (nSPS) is 26.5. The number of sulfonamides is 1. The summed E-state index contributed by atoms with van der Waals surface area (Å²) in [4.78, 5) is 16.6. The molecule has 2 fully saturated rings. The van der Waals surface area contributed by atoms with E-state index in [-0.39, 0.29) is 16.3 Å². The first-order valence-electron chi connectivity index (χ1n) is 9.13. The minimum Gasteiger partial charge on any atom is -0.360 e. The summed E-state index contributed by atoms with van der Waals surface area (Å²) in [5.41, 5.74) is 0.0767. The largest absolute Gasteiger partial charge is 0.360 e. The summed E-state index contributed by atoms with van der Waals surface area (Å²) in [7, 11) is -1.64. The van der Waals surface area contributed by atoms with Gasteiger partial charge in [0.05, 0.1) is 0 Å². The third kappa shape index (κ3) is 3.16. The van der Waals surface area contributed by atoms with Crippen molar-refractivity contribution in [2.45, 2.75) is 50.5 Å². The Labute approximate surface area is 155 Å². The second-order valence-electron chi connectivity index (χ2n) is 7.36. The van der Waals surface area contributed by atoms with Gasteiger partial charge in [-0.05, 0) is 40.7 Å². The number of carbonyl (C=O) groups is 1. The van der Waals surface area contributed by atoms with Crippen LogP contribution in [0.1, 0.15) is 37.6 Å². The number of hydrogen-bond donors (Lipinski definition) is 0. The number of aromatic nitrogens is 1. The fraction of sp³-hybridized carbons (Fsp3) is 0.765. The summed E-state index contributed by atoms with van der Waals surface area (Å²) in [5.74, 6) is 0.479. The number of hydrogen-bond acceptors (Lipinski definition) is 6. The van der Waals surface area contributed by atoms with Gasteiger partial charge in [0.15, 0.2) is 5.76 Å². The first-order valence-corrected chi connectivity index (χ1v) is 10.6. The van der Waals surface area contributed by atoms with Crippen molar-refractivity contribution >= 4 is 15.9 Å². The van der Waals surface area contributed by atoms with Gasteiger partial charge in [-0.1, -0.05) is 5.16 Å². The lowest BCUT2D eigenvalue weighted by Crippen LogP contribution is -2.62. The lowest BCUT2D eigenvalue weighted by molar-refractivity contribution is -0.130. The van der Waals surface area contributed by atoms with Gasteiger partial charge < -0.3 is 9.42 Å². The Balaban J connectivity index is 1.90. The number of piperazine rings is 1. The fourth-order valence-corrected chi connectivity index (χ4v) is 5.97. The summed E-state index contributed by atoms with van der Waals surface area (Å²) in [5, 5.41) is 3.80. The molecule has 1 spiro atoms. The van der Waals surface area contributed by atoms with E-state index in [1.807, 2.05) is 18.9 Å². The van der Waals surface area contributed by atoms with Crippen molar-refractivity contribution in [3.8, 4) is 0 Å². The monoisotopic (exact) mass is 384 g/mol. The topological polar surface area (TPSA) is 87.0 Å². The molecule has 0 bridgehead atoms. The summed E-state index contributed by atoms with van der Waals surface area (Å²) in [6.07, 6.45) is 1.90. The Hall–Kier alpha value is -1.45. The SMILES string of the molecule is CCN1CC[C@]2(CCC1=O)CN(S(=O)(=O)c1c(C)noc1C)CCN2C. The van der Waals surface area contributed by atoms with E-state index in [4.69, 9.17) is 4.52 Å². The highest BCUT2D eigenvalue weighted by Gasteiger charge is 2.46. The second kappa shape index (κ2) is 6.94. The molecule has 3 rings (SSSR count). The van der Waals surface area contributed by atoms with Gasteiger partial charge in [-0.3, -0.25) is 9.69 Å². The van der Waals surface area contributed by atoms with E-state index in [9.17, 15) is 13.2 Å². The van der Waals surface area contributed by atoms with Crippen LogP contribution in [0, 0.1) is 13.8 Å². The number of carbonyl (C=O) groups excluding carboxylic acids is 1. The van der Waals surface area contributed by atoms with E-state index in [2.05, 4.69) is 10.1 Å². The third-order valence-corrected chi connectivity index (χ3v) is 8.01. The van der Waals surface area contributed by atoms with Gasteiger partial charge in [0, 0.05) is 44.7 Å². The van der Waals surface area contributed by atoms with Crippen LogP contribution in [0.2, 0.25) is 0 Å². The van der Waals surface area contributed by atoms with Crippen molar-refractivity contribution in [2.24, 2.45) is 0 Å². The molecule has 2 aliphatic rings. The minimum atomic E-state index is -3.67. The molecule has 0 radical (unpaired) electrons. The number of likely N-dealkylation sites (N-methyl/N-ethyl adjacent to an activating group) is 1. The first kappa shape index (κ1) is 19.3. The van der Waals surface area contributed by atoms with Gasteiger partial charge in [0.1, 0.15) is 10.6 Å². The molecule has 9 heteroatoms. The lowest BCUT2D eigenvalue weighted by Gasteiger charge is -2.48. The molecular formula is C17H28N4O4S. The molecule has 0 saturated carbocycles. The molecule has 26 heavy (non-hydrogen) atoms. The summed E-state index contributed by atoms with van der Waals surface area (Å²) in [6, 6.07) is 0. The Morgan fingerprint density at radius 1 is 1.19 bits per heavy atom. The Morgan fingerprint density at radius 2 is 1.92 bits per heavy atom. The van der Waals surface area contributed by atoms with Gasteiger partial charge in [-0.15, -0.1) is 0 Å². The zero-order valence-electron chi connectivity index (χ0n) is 16.0. The number of likely N-dealkylation sites (tertiary alicyclic amines) is 1. The van der Waals surface area contributed by atoms with Crippen LogP contribution in [0.4, 0.5) is 0 Å². The van der Waals surface area contributed by atoms with Crippen molar-refractivity contribution in [1.82, 2.24) is 19.3 Å². The van der Waals surface area contributed by atoms with Crippen LogP contribution in [0.25, 0.3) is 0 Å². The molecule has 146 valence electrons. The van der Waals surface area contributed by atoms with Crippen LogP contribution in [-0.2, 0) is 14.8 Å². The predicted octanol–water partition coefficient (Wildman–Crippen LogP) is 0.999. The van der Waals surface area contributed by atoms with Crippen LogP contribution in [0.15, 0.2) is 9.42 Å². The molecule has 2 saturated heterocycles. The van der Waals surface area contributed by atoms with Crippen LogP contribution < -0.4 is 0 Å². The molecule has 1 amide bonds. The highest BCUT2D eigenvalue weighted by Crippen LogP contribution is 2.35. The molecule has 0 aromatic carbocycles. The third-order valence-electron chi connectivity index (χ3n) is 5.92. The maximum atomic E-state index is 13.2. The molecule has 1 aromatic rings. The molecule has 1 aromatic heterocycles. The average Bonchev–Trinajstić information content (AvgIpc) is 2.85. The van der Waals surface area contributed by atoms with E-state index in [1.165, 1.54) is 0 Å². The smallest absolute Gasteiger partial charge is 0.248 e. The number of amides is 1. The highest BCUT2D eigenvalue weighted by molar-refractivity contribution is 7.89. The molecule has 0 aliphatic carbocycles. The van der Waals surface area contributed by atoms with Crippen LogP contribution in [-0.4, -0.2) is 78.9 Å². The first-order chi connectivity index (χ1) is 12.2. The van der Waals surface area contributed by atoms with Crippen LogP contribution >= 0.6 is 0 Å². The van der Waals surface area contributed by atoms with Crippen LogP contribution in [0.3, 0.4) is 0 Å². The molecule has 2 aliphatic heterocycles. The van der Waals surface area contributed by atoms with Gasteiger partial charge in [0.25, 0.3) is 0 Å². The fourth-order valence-electron chi connectivity index (χ4n) is 4.17. The molecule has 0 unspecified atom stereocenters. The Morgan fingerprint density at radius 3 is 2.54 bits per heavy atom. The number of aryl methyl sites for hydroxylation is 2.